The van der Waals surface area contributed by atoms with Crippen LogP contribution in [0.2, 0.25) is 0 Å². The normalized spacial score (nSPS) is 17.9. The van der Waals surface area contributed by atoms with Crippen molar-refractivity contribution in [3.05, 3.63) is 59.2 Å². The van der Waals surface area contributed by atoms with Crippen LogP contribution in [0.1, 0.15) is 28.4 Å². The SMILES string of the molecule is Cc1ccc(-c2ccccc2)c2c1CC(C)C2=O. The Balaban J connectivity index is 2.26. The summed E-state index contributed by atoms with van der Waals surface area (Å²) < 4.78 is 0. The predicted molar refractivity (Wildman–Crippen MR) is 73.8 cm³/mol. The fourth-order valence-corrected chi connectivity index (χ4v) is 2.80. The molecule has 0 N–H and O–H groups in total. The molecule has 0 amide bonds. The van der Waals surface area contributed by atoms with Gasteiger partial charge in [0.05, 0.1) is 0 Å². The molecule has 0 aromatic heterocycles. The van der Waals surface area contributed by atoms with Crippen LogP contribution in [-0.2, 0) is 6.42 Å². The van der Waals surface area contributed by atoms with E-state index < -0.39 is 0 Å². The lowest BCUT2D eigenvalue weighted by Gasteiger charge is -2.10. The van der Waals surface area contributed by atoms with Crippen molar-refractivity contribution in [2.75, 3.05) is 0 Å². The van der Waals surface area contributed by atoms with Crippen molar-refractivity contribution < 1.29 is 4.79 Å². The Hall–Kier alpha value is -1.89. The molecule has 2 aromatic carbocycles. The molecular formula is C17H16O. The Morgan fingerprint density at radius 3 is 2.50 bits per heavy atom. The number of fused-ring (bicyclic) bond motifs is 1. The smallest absolute Gasteiger partial charge is 0.166 e. The summed E-state index contributed by atoms with van der Waals surface area (Å²) in [4.78, 5) is 12.3. The Bertz CT molecular complexity index is 611. The van der Waals surface area contributed by atoms with Gasteiger partial charge in [-0.25, -0.2) is 0 Å². The van der Waals surface area contributed by atoms with E-state index in [1.165, 1.54) is 11.1 Å². The molecule has 0 fully saturated rings. The van der Waals surface area contributed by atoms with E-state index >= 15 is 0 Å². The van der Waals surface area contributed by atoms with Gasteiger partial charge in [0.2, 0.25) is 0 Å². The number of carbonyl (C=O) groups is 1. The Morgan fingerprint density at radius 2 is 1.78 bits per heavy atom. The maximum absolute atomic E-state index is 12.3. The topological polar surface area (TPSA) is 17.1 Å². The van der Waals surface area contributed by atoms with E-state index in [4.69, 9.17) is 0 Å². The average molecular weight is 236 g/mol. The minimum atomic E-state index is 0.128. The first-order valence-corrected chi connectivity index (χ1v) is 6.40. The van der Waals surface area contributed by atoms with Crippen molar-refractivity contribution in [3.8, 4) is 11.1 Å². The van der Waals surface area contributed by atoms with Crippen LogP contribution >= 0.6 is 0 Å². The lowest BCUT2D eigenvalue weighted by atomic mass is 9.94. The van der Waals surface area contributed by atoms with Gasteiger partial charge in [-0.3, -0.25) is 4.79 Å². The maximum Gasteiger partial charge on any atom is 0.166 e. The number of ketones is 1. The van der Waals surface area contributed by atoms with Gasteiger partial charge in [0.15, 0.2) is 5.78 Å². The molecule has 1 nitrogen and oxygen atoms in total. The molecule has 1 unspecified atom stereocenters. The van der Waals surface area contributed by atoms with Gasteiger partial charge in [-0.2, -0.15) is 0 Å². The van der Waals surface area contributed by atoms with Crippen LogP contribution in [0, 0.1) is 12.8 Å². The maximum atomic E-state index is 12.3. The second-order valence-corrected chi connectivity index (χ2v) is 5.12. The average Bonchev–Trinajstić information content (AvgIpc) is 2.69. The lowest BCUT2D eigenvalue weighted by Crippen LogP contribution is -2.04. The van der Waals surface area contributed by atoms with Crippen molar-refractivity contribution in [2.24, 2.45) is 5.92 Å². The van der Waals surface area contributed by atoms with Crippen molar-refractivity contribution in [2.45, 2.75) is 20.3 Å². The van der Waals surface area contributed by atoms with E-state index in [0.29, 0.717) is 5.78 Å². The molecule has 1 atom stereocenters. The van der Waals surface area contributed by atoms with E-state index in [9.17, 15) is 4.79 Å². The quantitative estimate of drug-likeness (QED) is 0.730. The highest BCUT2D eigenvalue weighted by Gasteiger charge is 2.30. The molecule has 1 aliphatic carbocycles. The van der Waals surface area contributed by atoms with Crippen LogP contribution in [0.5, 0.6) is 0 Å². The molecule has 0 saturated heterocycles. The van der Waals surface area contributed by atoms with Gasteiger partial charge in [-0.1, -0.05) is 49.4 Å². The fraction of sp³-hybridized carbons (Fsp3) is 0.235. The molecule has 0 radical (unpaired) electrons. The minimum Gasteiger partial charge on any atom is -0.294 e. The Kier molecular flexibility index (Phi) is 2.55. The van der Waals surface area contributed by atoms with Gasteiger partial charge in [-0.15, -0.1) is 0 Å². The lowest BCUT2D eigenvalue weighted by molar-refractivity contribution is 0.0947. The monoisotopic (exact) mass is 236 g/mol. The highest BCUT2D eigenvalue weighted by molar-refractivity contribution is 6.07. The van der Waals surface area contributed by atoms with Gasteiger partial charge in [0.1, 0.15) is 0 Å². The molecule has 18 heavy (non-hydrogen) atoms. The van der Waals surface area contributed by atoms with Crippen LogP contribution in [0.3, 0.4) is 0 Å². The number of rotatable bonds is 1. The summed E-state index contributed by atoms with van der Waals surface area (Å²) in [5.41, 5.74) is 5.66. The van der Waals surface area contributed by atoms with Crippen LogP contribution < -0.4 is 0 Å². The molecule has 90 valence electrons. The predicted octanol–water partition coefficient (Wildman–Crippen LogP) is 4.04. The molecule has 1 heteroatoms. The number of Topliss-reactive ketones (excluding diaryl/α,β-unsaturated/α-hetero) is 1. The number of hydrogen-bond donors (Lipinski definition) is 0. The summed E-state index contributed by atoms with van der Waals surface area (Å²) in [6.07, 6.45) is 0.890. The number of benzene rings is 2. The molecular weight excluding hydrogens is 220 g/mol. The van der Waals surface area contributed by atoms with E-state index in [1.807, 2.05) is 25.1 Å². The number of carbonyl (C=O) groups excluding carboxylic acids is 1. The second kappa shape index (κ2) is 4.09. The van der Waals surface area contributed by atoms with E-state index in [0.717, 1.165) is 23.1 Å². The van der Waals surface area contributed by atoms with Gasteiger partial charge in [0, 0.05) is 11.5 Å². The number of hydrogen-bond acceptors (Lipinski definition) is 1. The molecule has 0 saturated carbocycles. The molecule has 0 aliphatic heterocycles. The van der Waals surface area contributed by atoms with Gasteiger partial charge >= 0.3 is 0 Å². The van der Waals surface area contributed by atoms with E-state index in [1.54, 1.807) is 0 Å². The first kappa shape index (κ1) is 11.2. The first-order valence-electron chi connectivity index (χ1n) is 6.40. The van der Waals surface area contributed by atoms with Crippen LogP contribution in [0.25, 0.3) is 11.1 Å². The second-order valence-electron chi connectivity index (χ2n) is 5.12. The van der Waals surface area contributed by atoms with Crippen molar-refractivity contribution >= 4 is 5.78 Å². The molecule has 3 rings (SSSR count). The zero-order chi connectivity index (χ0) is 12.7. The Labute approximate surface area is 107 Å². The highest BCUT2D eigenvalue weighted by atomic mass is 16.1. The zero-order valence-electron chi connectivity index (χ0n) is 10.7. The van der Waals surface area contributed by atoms with E-state index in [2.05, 4.69) is 31.2 Å². The summed E-state index contributed by atoms with van der Waals surface area (Å²) >= 11 is 0. The molecule has 0 heterocycles. The van der Waals surface area contributed by atoms with Gasteiger partial charge in [0.25, 0.3) is 0 Å². The summed E-state index contributed by atoms with van der Waals surface area (Å²) in [6, 6.07) is 14.4. The van der Waals surface area contributed by atoms with Crippen LogP contribution in [0.4, 0.5) is 0 Å². The third kappa shape index (κ3) is 1.59. The molecule has 0 bridgehead atoms. The molecule has 2 aromatic rings. The molecule has 0 spiro atoms. The third-order valence-corrected chi connectivity index (χ3v) is 3.84. The van der Waals surface area contributed by atoms with Crippen molar-refractivity contribution in [1.82, 2.24) is 0 Å². The van der Waals surface area contributed by atoms with Crippen molar-refractivity contribution in [1.29, 1.82) is 0 Å². The van der Waals surface area contributed by atoms with Gasteiger partial charge < -0.3 is 0 Å². The highest BCUT2D eigenvalue weighted by Crippen LogP contribution is 2.36. The van der Waals surface area contributed by atoms with Gasteiger partial charge in [-0.05, 0) is 35.6 Å². The summed E-state index contributed by atoms with van der Waals surface area (Å²) in [7, 11) is 0. The van der Waals surface area contributed by atoms with Crippen LogP contribution in [-0.4, -0.2) is 5.78 Å². The third-order valence-electron chi connectivity index (χ3n) is 3.84. The standard InChI is InChI=1S/C17H16O/c1-11-8-9-14(13-6-4-3-5-7-13)16-15(11)10-12(2)17(16)18/h3-9,12H,10H2,1-2H3. The summed E-state index contributed by atoms with van der Waals surface area (Å²) in [6.45, 7) is 4.12. The molecule has 1 aliphatic rings. The first-order chi connectivity index (χ1) is 8.68. The number of aryl methyl sites for hydroxylation is 1. The Morgan fingerprint density at radius 1 is 1.06 bits per heavy atom. The summed E-state index contributed by atoms with van der Waals surface area (Å²) in [5, 5.41) is 0. The zero-order valence-corrected chi connectivity index (χ0v) is 10.7. The fourth-order valence-electron chi connectivity index (χ4n) is 2.80. The summed E-state index contributed by atoms with van der Waals surface area (Å²) in [5.74, 6) is 0.427. The van der Waals surface area contributed by atoms with Crippen molar-refractivity contribution in [3.63, 3.8) is 0 Å². The minimum absolute atomic E-state index is 0.128. The largest absolute Gasteiger partial charge is 0.294 e. The van der Waals surface area contributed by atoms with E-state index in [-0.39, 0.29) is 5.92 Å². The van der Waals surface area contributed by atoms with Crippen LogP contribution in [0.15, 0.2) is 42.5 Å².